The molecular weight excluding hydrogens is 311 g/mol. The van der Waals surface area contributed by atoms with Crippen LogP contribution in [0, 0.1) is 5.82 Å². The molecule has 3 aromatic rings. The van der Waals surface area contributed by atoms with Gasteiger partial charge in [0.05, 0.1) is 11.8 Å². The summed E-state index contributed by atoms with van der Waals surface area (Å²) in [5.74, 6) is 0.809. The highest BCUT2D eigenvalue weighted by atomic mass is 32.1. The van der Waals surface area contributed by atoms with E-state index in [1.165, 1.54) is 18.4 Å². The molecular formula is C19H19FO2S. The molecule has 1 aromatic heterocycles. The number of halogens is 1. The molecule has 3 rings (SSSR count). The number of fused-ring (bicyclic) bond motifs is 1. The molecule has 0 aliphatic rings. The Hall–Kier alpha value is -2.07. The smallest absolute Gasteiger partial charge is 0.182 e. The van der Waals surface area contributed by atoms with E-state index in [1.54, 1.807) is 6.07 Å². The summed E-state index contributed by atoms with van der Waals surface area (Å²) in [7, 11) is 1.48. The Bertz CT molecular complexity index is 829. The van der Waals surface area contributed by atoms with Gasteiger partial charge in [-0.15, -0.1) is 11.3 Å². The molecule has 0 saturated carbocycles. The number of hydrogen-bond donors (Lipinski definition) is 0. The molecule has 0 N–H and O–H groups in total. The average molecular weight is 330 g/mol. The Kier molecular flexibility index (Phi) is 4.02. The van der Waals surface area contributed by atoms with E-state index in [0.29, 0.717) is 4.70 Å². The minimum atomic E-state index is -0.297. The minimum Gasteiger partial charge on any atom is -0.494 e. The van der Waals surface area contributed by atoms with Crippen molar-refractivity contribution in [3.05, 3.63) is 48.3 Å². The predicted octanol–water partition coefficient (Wildman–Crippen LogP) is 5.89. The predicted molar refractivity (Wildman–Crippen MR) is 94.2 cm³/mol. The highest BCUT2D eigenvalue weighted by molar-refractivity contribution is 7.22. The number of hydrogen-bond acceptors (Lipinski definition) is 3. The van der Waals surface area contributed by atoms with Crippen molar-refractivity contribution in [2.75, 3.05) is 7.11 Å². The van der Waals surface area contributed by atoms with E-state index >= 15 is 0 Å². The SMILES string of the molecule is COc1ccc2cc(-c3ccc(OC(C)(C)C)cc3)sc2c1F. The van der Waals surface area contributed by atoms with Crippen LogP contribution in [0.25, 0.3) is 20.5 Å². The quantitative estimate of drug-likeness (QED) is 0.596. The number of rotatable bonds is 3. The summed E-state index contributed by atoms with van der Waals surface area (Å²) in [5, 5.41) is 0.887. The lowest BCUT2D eigenvalue weighted by Gasteiger charge is -2.21. The van der Waals surface area contributed by atoms with Crippen LogP contribution in [0.3, 0.4) is 0 Å². The summed E-state index contributed by atoms with van der Waals surface area (Å²) in [6.45, 7) is 6.05. The molecule has 0 fully saturated rings. The molecule has 0 aliphatic heterocycles. The molecule has 1 heterocycles. The van der Waals surface area contributed by atoms with Gasteiger partial charge in [0.2, 0.25) is 0 Å². The molecule has 0 unspecified atom stereocenters. The second kappa shape index (κ2) is 5.85. The van der Waals surface area contributed by atoms with Gasteiger partial charge in [-0.25, -0.2) is 4.39 Å². The zero-order valence-electron chi connectivity index (χ0n) is 13.6. The Morgan fingerprint density at radius 2 is 1.70 bits per heavy atom. The van der Waals surface area contributed by atoms with Crippen molar-refractivity contribution in [3.8, 4) is 21.9 Å². The molecule has 23 heavy (non-hydrogen) atoms. The van der Waals surface area contributed by atoms with E-state index in [2.05, 4.69) is 0 Å². The summed E-state index contributed by atoms with van der Waals surface area (Å²) in [5.41, 5.74) is 0.824. The standard InChI is InChI=1S/C19H19FO2S/c1-19(2,3)22-14-8-5-12(6-9-14)16-11-13-7-10-15(21-4)17(20)18(13)23-16/h5-11H,1-4H3. The van der Waals surface area contributed by atoms with Crippen LogP contribution >= 0.6 is 11.3 Å². The van der Waals surface area contributed by atoms with Gasteiger partial charge in [-0.05, 0) is 74.2 Å². The van der Waals surface area contributed by atoms with Gasteiger partial charge in [-0.3, -0.25) is 0 Å². The number of benzene rings is 2. The van der Waals surface area contributed by atoms with E-state index in [1.807, 2.05) is 57.2 Å². The average Bonchev–Trinajstić information content (AvgIpc) is 2.92. The van der Waals surface area contributed by atoms with Crippen molar-refractivity contribution < 1.29 is 13.9 Å². The van der Waals surface area contributed by atoms with Crippen molar-refractivity contribution in [3.63, 3.8) is 0 Å². The molecule has 0 atom stereocenters. The molecule has 2 nitrogen and oxygen atoms in total. The fraction of sp³-hybridized carbons (Fsp3) is 0.263. The van der Waals surface area contributed by atoms with Crippen LogP contribution in [-0.2, 0) is 0 Å². The van der Waals surface area contributed by atoms with Gasteiger partial charge in [0, 0.05) is 4.88 Å². The minimum absolute atomic E-state index is 0.223. The van der Waals surface area contributed by atoms with Crippen LogP contribution in [0.1, 0.15) is 20.8 Å². The van der Waals surface area contributed by atoms with E-state index in [4.69, 9.17) is 9.47 Å². The molecule has 0 aliphatic carbocycles. The van der Waals surface area contributed by atoms with Gasteiger partial charge < -0.3 is 9.47 Å². The molecule has 0 spiro atoms. The maximum Gasteiger partial charge on any atom is 0.182 e. The van der Waals surface area contributed by atoms with Gasteiger partial charge in [0.15, 0.2) is 11.6 Å². The van der Waals surface area contributed by atoms with Gasteiger partial charge in [0.1, 0.15) is 11.4 Å². The van der Waals surface area contributed by atoms with Crippen LogP contribution in [0.4, 0.5) is 4.39 Å². The van der Waals surface area contributed by atoms with Crippen molar-refractivity contribution >= 4 is 21.4 Å². The highest BCUT2D eigenvalue weighted by Crippen LogP contribution is 2.38. The van der Waals surface area contributed by atoms with Crippen molar-refractivity contribution in [1.82, 2.24) is 0 Å². The largest absolute Gasteiger partial charge is 0.494 e. The van der Waals surface area contributed by atoms with E-state index in [-0.39, 0.29) is 17.2 Å². The normalized spacial score (nSPS) is 11.7. The maximum absolute atomic E-state index is 14.3. The Morgan fingerprint density at radius 1 is 1.00 bits per heavy atom. The van der Waals surface area contributed by atoms with Crippen molar-refractivity contribution in [2.24, 2.45) is 0 Å². The first-order chi connectivity index (χ1) is 10.9. The third kappa shape index (κ3) is 3.32. The van der Waals surface area contributed by atoms with Gasteiger partial charge >= 0.3 is 0 Å². The molecule has 120 valence electrons. The molecule has 0 saturated heterocycles. The lowest BCUT2D eigenvalue weighted by Crippen LogP contribution is -2.22. The Labute approximate surface area is 139 Å². The number of ether oxygens (including phenoxy) is 2. The van der Waals surface area contributed by atoms with Gasteiger partial charge in [0.25, 0.3) is 0 Å². The van der Waals surface area contributed by atoms with E-state index in [0.717, 1.165) is 21.6 Å². The third-order valence-corrected chi connectivity index (χ3v) is 4.57. The molecule has 4 heteroatoms. The van der Waals surface area contributed by atoms with Crippen LogP contribution in [-0.4, -0.2) is 12.7 Å². The second-order valence-corrected chi connectivity index (χ2v) is 7.40. The summed E-state index contributed by atoms with van der Waals surface area (Å²) in [6.07, 6.45) is 0. The maximum atomic E-state index is 14.3. The third-order valence-electron chi connectivity index (χ3n) is 3.37. The first kappa shape index (κ1) is 15.8. The van der Waals surface area contributed by atoms with Gasteiger partial charge in [-0.2, -0.15) is 0 Å². The van der Waals surface area contributed by atoms with Crippen LogP contribution in [0.15, 0.2) is 42.5 Å². The monoisotopic (exact) mass is 330 g/mol. The zero-order valence-corrected chi connectivity index (χ0v) is 14.5. The Balaban J connectivity index is 1.95. The summed E-state index contributed by atoms with van der Waals surface area (Å²) in [4.78, 5) is 1.02. The molecule has 0 amide bonds. The second-order valence-electron chi connectivity index (χ2n) is 6.35. The fourth-order valence-electron chi connectivity index (χ4n) is 2.39. The number of thiophene rings is 1. The lowest BCUT2D eigenvalue weighted by atomic mass is 10.1. The molecule has 2 aromatic carbocycles. The van der Waals surface area contributed by atoms with Crippen molar-refractivity contribution in [2.45, 2.75) is 26.4 Å². The fourth-order valence-corrected chi connectivity index (χ4v) is 3.49. The van der Waals surface area contributed by atoms with Crippen LogP contribution in [0.2, 0.25) is 0 Å². The lowest BCUT2D eigenvalue weighted by molar-refractivity contribution is 0.131. The zero-order chi connectivity index (χ0) is 16.6. The van der Waals surface area contributed by atoms with Crippen LogP contribution < -0.4 is 9.47 Å². The molecule has 0 radical (unpaired) electrons. The van der Waals surface area contributed by atoms with E-state index in [9.17, 15) is 4.39 Å². The highest BCUT2D eigenvalue weighted by Gasteiger charge is 2.14. The summed E-state index contributed by atoms with van der Waals surface area (Å²) < 4.78 is 25.8. The summed E-state index contributed by atoms with van der Waals surface area (Å²) >= 11 is 1.43. The number of methoxy groups -OCH3 is 1. The molecule has 0 bridgehead atoms. The van der Waals surface area contributed by atoms with Gasteiger partial charge in [-0.1, -0.05) is 0 Å². The van der Waals surface area contributed by atoms with Crippen LogP contribution in [0.5, 0.6) is 11.5 Å². The Morgan fingerprint density at radius 3 is 2.30 bits per heavy atom. The first-order valence-electron chi connectivity index (χ1n) is 7.43. The van der Waals surface area contributed by atoms with E-state index < -0.39 is 0 Å². The first-order valence-corrected chi connectivity index (χ1v) is 8.24. The topological polar surface area (TPSA) is 18.5 Å². The summed E-state index contributed by atoms with van der Waals surface area (Å²) in [6, 6.07) is 13.4. The van der Waals surface area contributed by atoms with Crippen molar-refractivity contribution in [1.29, 1.82) is 0 Å².